The highest BCUT2D eigenvalue weighted by molar-refractivity contribution is 5.85. The fourth-order valence-corrected chi connectivity index (χ4v) is 1.39. The fraction of sp³-hybridized carbons (Fsp3) is 0.182. The Morgan fingerprint density at radius 1 is 1.31 bits per heavy atom. The number of carbonyl (C=O) groups excluding carboxylic acids is 2. The van der Waals surface area contributed by atoms with Crippen LogP contribution in [0, 0.1) is 0 Å². The van der Waals surface area contributed by atoms with Crippen molar-refractivity contribution in [3.8, 4) is 5.75 Å². The van der Waals surface area contributed by atoms with Crippen LogP contribution in [0.15, 0.2) is 24.4 Å². The van der Waals surface area contributed by atoms with Crippen LogP contribution in [0.3, 0.4) is 0 Å². The fourth-order valence-electron chi connectivity index (χ4n) is 1.39. The van der Waals surface area contributed by atoms with Gasteiger partial charge in [-0.05, 0) is 18.2 Å². The predicted molar refractivity (Wildman–Crippen MR) is 57.3 cm³/mol. The Bertz CT molecular complexity index is 572. The molecule has 0 saturated carbocycles. The molecule has 1 aromatic carbocycles. The molecule has 0 spiro atoms. The van der Waals surface area contributed by atoms with Crippen molar-refractivity contribution >= 4 is 22.8 Å². The molecule has 0 atom stereocenters. The normalized spacial score (nSPS) is 10.4. The first-order valence-electron chi connectivity index (χ1n) is 4.75. The summed E-state index contributed by atoms with van der Waals surface area (Å²) in [5.74, 6) is -0.0911. The van der Waals surface area contributed by atoms with Crippen molar-refractivity contribution in [1.82, 2.24) is 9.78 Å². The maximum absolute atomic E-state index is 11.1. The Kier molecular flexibility index (Phi) is 2.44. The maximum atomic E-state index is 11.1. The van der Waals surface area contributed by atoms with E-state index in [4.69, 9.17) is 4.74 Å². The van der Waals surface area contributed by atoms with Crippen molar-refractivity contribution < 1.29 is 14.3 Å². The summed E-state index contributed by atoms with van der Waals surface area (Å²) in [6, 6.07) is 5.01. The monoisotopic (exact) mass is 218 g/mol. The van der Waals surface area contributed by atoms with Gasteiger partial charge in [0.15, 0.2) is 0 Å². The quantitative estimate of drug-likeness (QED) is 0.539. The highest BCUT2D eigenvalue weighted by Gasteiger charge is 2.06. The highest BCUT2D eigenvalue weighted by Crippen LogP contribution is 2.19. The summed E-state index contributed by atoms with van der Waals surface area (Å²) < 4.78 is 6.18. The average molecular weight is 218 g/mol. The largest absolute Gasteiger partial charge is 0.427 e. The second-order valence-electron chi connectivity index (χ2n) is 3.41. The number of hydrogen-bond donors (Lipinski definition) is 0. The van der Waals surface area contributed by atoms with Gasteiger partial charge in [-0.3, -0.25) is 9.59 Å². The standard InChI is InChI=1S/C11H10N2O3/c1-7(14)13-6-9-5-10(16-8(2)15)3-4-11(9)12-13/h3-6H,1-2H3. The number of rotatable bonds is 1. The van der Waals surface area contributed by atoms with Crippen molar-refractivity contribution in [2.75, 3.05) is 0 Å². The first-order valence-corrected chi connectivity index (χ1v) is 4.75. The molecular weight excluding hydrogens is 208 g/mol. The third kappa shape index (κ3) is 1.93. The number of hydrogen-bond acceptors (Lipinski definition) is 4. The summed E-state index contributed by atoms with van der Waals surface area (Å²) in [7, 11) is 0. The van der Waals surface area contributed by atoms with Gasteiger partial charge in [0.1, 0.15) is 5.75 Å². The minimum absolute atomic E-state index is 0.162. The molecule has 5 nitrogen and oxygen atoms in total. The van der Waals surface area contributed by atoms with E-state index in [0.717, 1.165) is 5.39 Å². The molecule has 2 aromatic rings. The lowest BCUT2D eigenvalue weighted by Gasteiger charge is -1.99. The Balaban J connectivity index is 2.45. The third-order valence-electron chi connectivity index (χ3n) is 2.06. The smallest absolute Gasteiger partial charge is 0.308 e. The van der Waals surface area contributed by atoms with Crippen molar-refractivity contribution in [3.05, 3.63) is 24.4 Å². The number of carbonyl (C=O) groups is 2. The number of aromatic nitrogens is 2. The summed E-state index contributed by atoms with van der Waals surface area (Å²) in [5.41, 5.74) is 0.686. The van der Waals surface area contributed by atoms with Crippen LogP contribution in [0.4, 0.5) is 0 Å². The van der Waals surface area contributed by atoms with E-state index in [1.807, 2.05) is 0 Å². The van der Waals surface area contributed by atoms with Crippen molar-refractivity contribution in [2.24, 2.45) is 0 Å². The van der Waals surface area contributed by atoms with Crippen LogP contribution >= 0.6 is 0 Å². The van der Waals surface area contributed by atoms with Gasteiger partial charge in [0, 0.05) is 25.4 Å². The van der Waals surface area contributed by atoms with Crippen LogP contribution in [-0.2, 0) is 4.79 Å². The topological polar surface area (TPSA) is 61.2 Å². The Morgan fingerprint density at radius 2 is 2.06 bits per heavy atom. The number of fused-ring (bicyclic) bond motifs is 1. The van der Waals surface area contributed by atoms with Crippen LogP contribution in [-0.4, -0.2) is 21.7 Å². The van der Waals surface area contributed by atoms with Gasteiger partial charge in [0.2, 0.25) is 5.91 Å². The number of ether oxygens (including phenoxy) is 1. The number of nitrogens with zero attached hydrogens (tertiary/aromatic N) is 2. The molecule has 0 aliphatic rings. The highest BCUT2D eigenvalue weighted by atomic mass is 16.5. The number of esters is 1. The van der Waals surface area contributed by atoms with E-state index in [9.17, 15) is 9.59 Å². The van der Waals surface area contributed by atoms with Crippen molar-refractivity contribution in [3.63, 3.8) is 0 Å². The summed E-state index contributed by atoms with van der Waals surface area (Å²) in [5, 5.41) is 4.82. The second kappa shape index (κ2) is 3.77. The van der Waals surface area contributed by atoms with E-state index >= 15 is 0 Å². The molecule has 82 valence electrons. The van der Waals surface area contributed by atoms with Gasteiger partial charge in [0.05, 0.1) is 5.52 Å². The zero-order valence-electron chi connectivity index (χ0n) is 8.93. The van der Waals surface area contributed by atoms with Crippen LogP contribution in [0.2, 0.25) is 0 Å². The predicted octanol–water partition coefficient (Wildman–Crippen LogP) is 1.62. The van der Waals surface area contributed by atoms with Crippen LogP contribution < -0.4 is 4.74 Å². The Morgan fingerprint density at radius 3 is 2.69 bits per heavy atom. The lowest BCUT2D eigenvalue weighted by atomic mass is 10.2. The van der Waals surface area contributed by atoms with E-state index in [-0.39, 0.29) is 11.9 Å². The lowest BCUT2D eigenvalue weighted by molar-refractivity contribution is -0.131. The molecule has 0 aliphatic heterocycles. The van der Waals surface area contributed by atoms with Gasteiger partial charge >= 0.3 is 5.97 Å². The summed E-state index contributed by atoms with van der Waals surface area (Å²) in [4.78, 5) is 21.9. The molecule has 0 fully saturated rings. The van der Waals surface area contributed by atoms with E-state index in [0.29, 0.717) is 11.3 Å². The van der Waals surface area contributed by atoms with Gasteiger partial charge in [0.25, 0.3) is 0 Å². The zero-order chi connectivity index (χ0) is 11.7. The molecule has 2 rings (SSSR count). The van der Waals surface area contributed by atoms with Crippen molar-refractivity contribution in [1.29, 1.82) is 0 Å². The van der Waals surface area contributed by atoms with E-state index in [1.165, 1.54) is 18.5 Å². The summed E-state index contributed by atoms with van der Waals surface area (Å²) in [6.07, 6.45) is 1.60. The maximum Gasteiger partial charge on any atom is 0.308 e. The minimum Gasteiger partial charge on any atom is -0.427 e. The molecule has 1 aromatic heterocycles. The lowest BCUT2D eigenvalue weighted by Crippen LogP contribution is -2.04. The third-order valence-corrected chi connectivity index (χ3v) is 2.06. The SMILES string of the molecule is CC(=O)Oc1ccc2nn(C(C)=O)cc2c1. The van der Waals surface area contributed by atoms with Gasteiger partial charge < -0.3 is 4.74 Å². The molecule has 1 heterocycles. The Hall–Kier alpha value is -2.17. The molecular formula is C11H10N2O3. The van der Waals surface area contributed by atoms with E-state index in [2.05, 4.69) is 5.10 Å². The van der Waals surface area contributed by atoms with E-state index in [1.54, 1.807) is 24.4 Å². The molecule has 0 N–H and O–H groups in total. The summed E-state index contributed by atoms with van der Waals surface area (Å²) in [6.45, 7) is 2.77. The van der Waals surface area contributed by atoms with Gasteiger partial charge in [-0.2, -0.15) is 5.10 Å². The van der Waals surface area contributed by atoms with Gasteiger partial charge in [-0.25, -0.2) is 4.68 Å². The second-order valence-corrected chi connectivity index (χ2v) is 3.41. The number of benzene rings is 1. The molecule has 0 aliphatic carbocycles. The van der Waals surface area contributed by atoms with Crippen LogP contribution in [0.25, 0.3) is 10.9 Å². The molecule has 0 saturated heterocycles. The molecule has 16 heavy (non-hydrogen) atoms. The van der Waals surface area contributed by atoms with Crippen molar-refractivity contribution in [2.45, 2.75) is 13.8 Å². The molecule has 0 bridgehead atoms. The Labute approximate surface area is 91.6 Å². The van der Waals surface area contributed by atoms with Crippen LogP contribution in [0.1, 0.15) is 18.6 Å². The first kappa shape index (κ1) is 10.4. The van der Waals surface area contributed by atoms with E-state index < -0.39 is 0 Å². The molecule has 0 amide bonds. The summed E-state index contributed by atoms with van der Waals surface area (Å²) >= 11 is 0. The minimum atomic E-state index is -0.377. The van der Waals surface area contributed by atoms with Gasteiger partial charge in [-0.1, -0.05) is 0 Å². The van der Waals surface area contributed by atoms with Gasteiger partial charge in [-0.15, -0.1) is 0 Å². The molecule has 0 unspecified atom stereocenters. The zero-order valence-corrected chi connectivity index (χ0v) is 8.93. The average Bonchev–Trinajstić information content (AvgIpc) is 2.59. The van der Waals surface area contributed by atoms with Crippen LogP contribution in [0.5, 0.6) is 5.75 Å². The first-order chi connectivity index (χ1) is 7.56. The molecule has 5 heteroatoms. The molecule has 0 radical (unpaired) electrons.